The summed E-state index contributed by atoms with van der Waals surface area (Å²) in [5.74, 6) is 0.394. The average molecular weight is 326 g/mol. The maximum Gasteiger partial charge on any atom is 0.244 e. The third kappa shape index (κ3) is 3.22. The Hall–Kier alpha value is -2.34. The summed E-state index contributed by atoms with van der Waals surface area (Å²) in [6.07, 6.45) is 0. The van der Waals surface area contributed by atoms with Gasteiger partial charge >= 0.3 is 0 Å². The molecule has 0 saturated heterocycles. The fourth-order valence-electron chi connectivity index (χ4n) is 2.76. The van der Waals surface area contributed by atoms with Crippen molar-refractivity contribution in [2.45, 2.75) is 31.7 Å². The molecule has 0 aliphatic rings. The summed E-state index contributed by atoms with van der Waals surface area (Å²) < 4.78 is 14.3. The lowest BCUT2D eigenvalue weighted by Crippen LogP contribution is -2.10. The number of tetrazole rings is 1. The number of hydrogen-bond acceptors (Lipinski definition) is 4. The van der Waals surface area contributed by atoms with E-state index >= 15 is 0 Å². The van der Waals surface area contributed by atoms with Gasteiger partial charge in [0.2, 0.25) is 5.16 Å². The molecule has 5 nitrogen and oxygen atoms in total. The molecule has 0 saturated carbocycles. The molecule has 1 heterocycles. The van der Waals surface area contributed by atoms with Crippen LogP contribution in [0.25, 0.3) is 5.69 Å². The van der Waals surface area contributed by atoms with Crippen LogP contribution in [-0.2, 0) is 16.6 Å². The van der Waals surface area contributed by atoms with Gasteiger partial charge in [0.05, 0.1) is 22.2 Å². The lowest BCUT2D eigenvalue weighted by Gasteiger charge is -2.12. The quantitative estimate of drug-likeness (QED) is 0.739. The molecular formula is C17H18N4OS. The Morgan fingerprint density at radius 2 is 1.70 bits per heavy atom. The van der Waals surface area contributed by atoms with Gasteiger partial charge in [-0.1, -0.05) is 53.1 Å². The first-order valence-electron chi connectivity index (χ1n) is 7.35. The van der Waals surface area contributed by atoms with Crippen molar-refractivity contribution in [3.63, 3.8) is 0 Å². The molecule has 1 unspecified atom stereocenters. The van der Waals surface area contributed by atoms with Gasteiger partial charge in [-0.15, -0.1) is 0 Å². The molecule has 0 bridgehead atoms. The van der Waals surface area contributed by atoms with Crippen LogP contribution in [0.1, 0.15) is 22.3 Å². The van der Waals surface area contributed by atoms with Crippen molar-refractivity contribution in [1.29, 1.82) is 0 Å². The van der Waals surface area contributed by atoms with Crippen LogP contribution in [0.15, 0.2) is 47.6 Å². The van der Waals surface area contributed by atoms with E-state index in [9.17, 15) is 4.21 Å². The number of benzene rings is 2. The van der Waals surface area contributed by atoms with Crippen LogP contribution < -0.4 is 0 Å². The fraction of sp³-hybridized carbons (Fsp3) is 0.235. The van der Waals surface area contributed by atoms with E-state index in [2.05, 4.69) is 34.6 Å². The number of rotatable bonds is 4. The summed E-state index contributed by atoms with van der Waals surface area (Å²) in [4.78, 5) is 0. The molecule has 1 aromatic heterocycles. The van der Waals surface area contributed by atoms with Gasteiger partial charge in [0, 0.05) is 0 Å². The Bertz CT molecular complexity index is 835. The Morgan fingerprint density at radius 3 is 2.35 bits per heavy atom. The highest BCUT2D eigenvalue weighted by atomic mass is 32.2. The number of aryl methyl sites for hydroxylation is 3. The summed E-state index contributed by atoms with van der Waals surface area (Å²) in [6.45, 7) is 6.08. The monoisotopic (exact) mass is 326 g/mol. The highest BCUT2D eigenvalue weighted by molar-refractivity contribution is 7.84. The van der Waals surface area contributed by atoms with Crippen molar-refractivity contribution in [2.75, 3.05) is 0 Å². The zero-order valence-corrected chi connectivity index (χ0v) is 14.2. The van der Waals surface area contributed by atoms with Gasteiger partial charge < -0.3 is 0 Å². The van der Waals surface area contributed by atoms with Crippen molar-refractivity contribution in [2.24, 2.45) is 0 Å². The van der Waals surface area contributed by atoms with E-state index in [0.29, 0.717) is 10.9 Å². The Morgan fingerprint density at radius 1 is 1.04 bits per heavy atom. The molecule has 118 valence electrons. The number of nitrogens with zero attached hydrogens (tertiary/aromatic N) is 4. The summed E-state index contributed by atoms with van der Waals surface area (Å²) in [5.41, 5.74) is 5.21. The predicted octanol–water partition coefficient (Wildman–Crippen LogP) is 2.90. The molecule has 0 spiro atoms. The van der Waals surface area contributed by atoms with E-state index in [1.165, 1.54) is 5.56 Å². The van der Waals surface area contributed by atoms with Crippen LogP contribution in [0, 0.1) is 20.8 Å². The Kier molecular flexibility index (Phi) is 4.34. The van der Waals surface area contributed by atoms with Gasteiger partial charge in [-0.25, -0.2) is 0 Å². The number of hydrogen-bond donors (Lipinski definition) is 0. The highest BCUT2D eigenvalue weighted by Gasteiger charge is 2.18. The van der Waals surface area contributed by atoms with Gasteiger partial charge in [-0.2, -0.15) is 4.68 Å². The topological polar surface area (TPSA) is 60.7 Å². The van der Waals surface area contributed by atoms with Crippen LogP contribution in [0.5, 0.6) is 0 Å². The molecular weight excluding hydrogens is 308 g/mol. The zero-order chi connectivity index (χ0) is 16.4. The maximum atomic E-state index is 12.7. The molecule has 23 heavy (non-hydrogen) atoms. The molecule has 3 rings (SSSR count). The second kappa shape index (κ2) is 6.42. The molecule has 6 heteroatoms. The van der Waals surface area contributed by atoms with E-state index in [0.717, 1.165) is 22.4 Å². The minimum Gasteiger partial charge on any atom is -0.251 e. The van der Waals surface area contributed by atoms with E-state index in [1.807, 2.05) is 44.2 Å². The Balaban J connectivity index is 1.99. The lowest BCUT2D eigenvalue weighted by molar-refractivity contribution is 0.664. The normalized spacial score (nSPS) is 12.3. The van der Waals surface area contributed by atoms with Crippen LogP contribution in [-0.4, -0.2) is 24.4 Å². The summed E-state index contributed by atoms with van der Waals surface area (Å²) in [6, 6.07) is 13.9. The lowest BCUT2D eigenvalue weighted by atomic mass is 10.1. The summed E-state index contributed by atoms with van der Waals surface area (Å²) in [7, 11) is -1.31. The second-order valence-electron chi connectivity index (χ2n) is 5.60. The molecule has 0 N–H and O–H groups in total. The van der Waals surface area contributed by atoms with E-state index in [1.54, 1.807) is 4.68 Å². The van der Waals surface area contributed by atoms with Gasteiger partial charge in [-0.3, -0.25) is 4.21 Å². The smallest absolute Gasteiger partial charge is 0.244 e. The summed E-state index contributed by atoms with van der Waals surface area (Å²) >= 11 is 0. The Labute approximate surface area is 137 Å². The van der Waals surface area contributed by atoms with Crippen LogP contribution in [0.2, 0.25) is 0 Å². The highest BCUT2D eigenvalue weighted by Crippen LogP contribution is 2.22. The molecule has 2 aromatic carbocycles. The van der Waals surface area contributed by atoms with Crippen LogP contribution >= 0.6 is 0 Å². The van der Waals surface area contributed by atoms with Crippen molar-refractivity contribution in [1.82, 2.24) is 20.2 Å². The van der Waals surface area contributed by atoms with E-state index in [4.69, 9.17) is 0 Å². The first-order chi connectivity index (χ1) is 11.1. The molecule has 0 aliphatic carbocycles. The molecule has 0 aliphatic heterocycles. The maximum absolute atomic E-state index is 12.7. The fourth-order valence-corrected chi connectivity index (χ4v) is 3.83. The van der Waals surface area contributed by atoms with E-state index in [-0.39, 0.29) is 0 Å². The van der Waals surface area contributed by atoms with E-state index < -0.39 is 10.8 Å². The van der Waals surface area contributed by atoms with Crippen molar-refractivity contribution < 1.29 is 4.21 Å². The van der Waals surface area contributed by atoms with Gasteiger partial charge in [0.15, 0.2) is 0 Å². The first-order valence-corrected chi connectivity index (χ1v) is 8.67. The zero-order valence-electron chi connectivity index (χ0n) is 13.4. The minimum absolute atomic E-state index is 0.379. The van der Waals surface area contributed by atoms with Gasteiger partial charge in [0.1, 0.15) is 0 Å². The second-order valence-corrected chi connectivity index (χ2v) is 6.94. The molecule has 0 fully saturated rings. The largest absolute Gasteiger partial charge is 0.251 e. The summed E-state index contributed by atoms with van der Waals surface area (Å²) in [5, 5.41) is 12.2. The molecule has 0 amide bonds. The van der Waals surface area contributed by atoms with Crippen LogP contribution in [0.3, 0.4) is 0 Å². The first kappa shape index (κ1) is 15.6. The van der Waals surface area contributed by atoms with Crippen molar-refractivity contribution in [3.05, 3.63) is 64.7 Å². The minimum atomic E-state index is -1.31. The standard InChI is InChI=1S/C17H18N4OS/c1-12-9-13(2)16(14(3)10-12)21-17(18-19-20-21)23(22)11-15-7-5-4-6-8-15/h4-10H,11H2,1-3H3. The third-order valence-corrected chi connectivity index (χ3v) is 4.89. The van der Waals surface area contributed by atoms with Gasteiger partial charge in [0.25, 0.3) is 0 Å². The third-order valence-electron chi connectivity index (χ3n) is 3.63. The van der Waals surface area contributed by atoms with Crippen molar-refractivity contribution in [3.8, 4) is 5.69 Å². The number of aromatic nitrogens is 4. The molecule has 0 radical (unpaired) electrons. The predicted molar refractivity (Wildman–Crippen MR) is 89.9 cm³/mol. The SMILES string of the molecule is Cc1cc(C)c(-n2nnnc2S(=O)Cc2ccccc2)c(C)c1. The van der Waals surface area contributed by atoms with Crippen LogP contribution in [0.4, 0.5) is 0 Å². The molecule has 3 aromatic rings. The molecule has 1 atom stereocenters. The van der Waals surface area contributed by atoms with Gasteiger partial charge in [-0.05, 0) is 47.9 Å². The van der Waals surface area contributed by atoms with Crippen molar-refractivity contribution >= 4 is 10.8 Å². The average Bonchev–Trinajstić information content (AvgIpc) is 2.96.